The highest BCUT2D eigenvalue weighted by molar-refractivity contribution is 6.21. The van der Waals surface area contributed by atoms with E-state index in [0.717, 1.165) is 6.08 Å². The monoisotopic (exact) mass is 189 g/mol. The Kier molecular flexibility index (Phi) is 1.70. The van der Waals surface area contributed by atoms with E-state index in [2.05, 4.69) is 0 Å². The average molecular weight is 189 g/mol. The molecule has 0 N–H and O–H groups in total. The third kappa shape index (κ3) is 1.04. The first kappa shape index (κ1) is 8.62. The Bertz CT molecular complexity index is 523. The Balaban J connectivity index is 2.90. The first-order valence-electron chi connectivity index (χ1n) is 4.07. The summed E-state index contributed by atoms with van der Waals surface area (Å²) in [6.07, 6.45) is 3.79. The molecule has 0 aromatic carbocycles. The van der Waals surface area contributed by atoms with Crippen LogP contribution in [0.5, 0.6) is 0 Å². The molecule has 0 radical (unpaired) electrons. The minimum absolute atomic E-state index is 0.0255. The van der Waals surface area contributed by atoms with Gasteiger partial charge in [-0.15, -0.1) is 0 Å². The van der Waals surface area contributed by atoms with Crippen molar-refractivity contribution in [3.05, 3.63) is 45.9 Å². The molecular weight excluding hydrogens is 182 g/mol. The number of aryl methyl sites for hydroxylation is 1. The normalized spacial score (nSPS) is 14.4. The number of pyridine rings is 1. The van der Waals surface area contributed by atoms with E-state index in [-0.39, 0.29) is 17.0 Å². The van der Waals surface area contributed by atoms with Crippen molar-refractivity contribution in [2.45, 2.75) is 0 Å². The molecule has 1 heterocycles. The van der Waals surface area contributed by atoms with Crippen molar-refractivity contribution < 1.29 is 9.59 Å². The van der Waals surface area contributed by atoms with Gasteiger partial charge in [-0.05, 0) is 12.2 Å². The van der Waals surface area contributed by atoms with Crippen LogP contribution in [0.2, 0.25) is 0 Å². The van der Waals surface area contributed by atoms with E-state index in [1.165, 1.54) is 22.9 Å². The molecule has 14 heavy (non-hydrogen) atoms. The number of aromatic nitrogens is 1. The Morgan fingerprint density at radius 3 is 2.36 bits per heavy atom. The number of nitrogens with zero attached hydrogens (tertiary/aromatic N) is 1. The van der Waals surface area contributed by atoms with Crippen LogP contribution in [0.1, 0.15) is 20.8 Å². The van der Waals surface area contributed by atoms with Crippen molar-refractivity contribution in [3.63, 3.8) is 0 Å². The van der Waals surface area contributed by atoms with E-state index in [1.54, 1.807) is 7.05 Å². The van der Waals surface area contributed by atoms with Crippen molar-refractivity contribution in [1.29, 1.82) is 0 Å². The van der Waals surface area contributed by atoms with Crippen molar-refractivity contribution in [3.8, 4) is 0 Å². The van der Waals surface area contributed by atoms with E-state index in [4.69, 9.17) is 0 Å². The third-order valence-electron chi connectivity index (χ3n) is 2.15. The lowest BCUT2D eigenvalue weighted by atomic mass is 9.99. The van der Waals surface area contributed by atoms with E-state index in [9.17, 15) is 14.4 Å². The Labute approximate surface area is 79.5 Å². The molecule has 1 aliphatic rings. The van der Waals surface area contributed by atoms with Gasteiger partial charge in [0.2, 0.25) is 5.78 Å². The summed E-state index contributed by atoms with van der Waals surface area (Å²) in [5, 5.41) is 0. The molecule has 0 spiro atoms. The predicted octanol–water partition coefficient (Wildman–Crippen LogP) is 0.321. The van der Waals surface area contributed by atoms with E-state index in [0.29, 0.717) is 0 Å². The standard InChI is InChI=1S/C10H7NO3/c1-11-5-4-7(13)9-6(12)2-3-8(14)10(9)11/h2-5H,1H3. The molecule has 70 valence electrons. The largest absolute Gasteiger partial charge is 0.347 e. The maximum atomic E-state index is 11.4. The highest BCUT2D eigenvalue weighted by Gasteiger charge is 2.23. The lowest BCUT2D eigenvalue weighted by Gasteiger charge is -2.11. The first-order valence-corrected chi connectivity index (χ1v) is 4.07. The molecular formula is C10H7NO3. The predicted molar refractivity (Wildman–Crippen MR) is 49.5 cm³/mol. The smallest absolute Gasteiger partial charge is 0.203 e. The van der Waals surface area contributed by atoms with Crippen LogP contribution in [0.15, 0.2) is 29.2 Å². The fraction of sp³-hybridized carbons (Fsp3) is 0.100. The Morgan fingerprint density at radius 2 is 1.71 bits per heavy atom. The summed E-state index contributed by atoms with van der Waals surface area (Å²) in [5.74, 6) is -0.708. The van der Waals surface area contributed by atoms with Crippen LogP contribution in [0, 0.1) is 0 Å². The summed E-state index contributed by atoms with van der Waals surface area (Å²) in [4.78, 5) is 34.1. The van der Waals surface area contributed by atoms with Gasteiger partial charge in [0.25, 0.3) is 0 Å². The van der Waals surface area contributed by atoms with Crippen LogP contribution >= 0.6 is 0 Å². The van der Waals surface area contributed by atoms with E-state index < -0.39 is 11.2 Å². The maximum absolute atomic E-state index is 11.4. The van der Waals surface area contributed by atoms with Gasteiger partial charge in [0, 0.05) is 19.3 Å². The number of ketones is 2. The summed E-state index contributed by atoms with van der Waals surface area (Å²) in [6.45, 7) is 0. The van der Waals surface area contributed by atoms with Gasteiger partial charge < -0.3 is 4.57 Å². The molecule has 0 unspecified atom stereocenters. The van der Waals surface area contributed by atoms with Crippen LogP contribution in [-0.2, 0) is 7.05 Å². The molecule has 0 aliphatic heterocycles. The molecule has 4 nitrogen and oxygen atoms in total. The number of carbonyl (C=O) groups is 2. The summed E-state index contributed by atoms with van der Waals surface area (Å²) in [5.41, 5.74) is -0.256. The van der Waals surface area contributed by atoms with Crippen molar-refractivity contribution in [2.24, 2.45) is 7.05 Å². The maximum Gasteiger partial charge on any atom is 0.203 e. The van der Waals surface area contributed by atoms with Gasteiger partial charge in [-0.25, -0.2) is 0 Å². The molecule has 1 aromatic heterocycles. The lowest BCUT2D eigenvalue weighted by molar-refractivity contribution is 0.0986. The molecule has 0 amide bonds. The summed E-state index contributed by atoms with van der Waals surface area (Å²) < 4.78 is 1.49. The topological polar surface area (TPSA) is 56.1 Å². The second-order valence-electron chi connectivity index (χ2n) is 3.08. The van der Waals surface area contributed by atoms with E-state index >= 15 is 0 Å². The molecule has 1 aliphatic carbocycles. The number of hydrogen-bond donors (Lipinski definition) is 0. The van der Waals surface area contributed by atoms with Crippen molar-refractivity contribution >= 4 is 11.6 Å². The minimum Gasteiger partial charge on any atom is -0.347 e. The molecule has 2 rings (SSSR count). The fourth-order valence-corrected chi connectivity index (χ4v) is 1.48. The Morgan fingerprint density at radius 1 is 1.07 bits per heavy atom. The zero-order chi connectivity index (χ0) is 10.3. The molecule has 0 bridgehead atoms. The van der Waals surface area contributed by atoms with Gasteiger partial charge in [0.05, 0.1) is 5.56 Å². The van der Waals surface area contributed by atoms with Gasteiger partial charge >= 0.3 is 0 Å². The van der Waals surface area contributed by atoms with Crippen LogP contribution in [0.25, 0.3) is 0 Å². The minimum atomic E-state index is -0.402. The lowest BCUT2D eigenvalue weighted by Crippen LogP contribution is -2.26. The van der Waals surface area contributed by atoms with Gasteiger partial charge in [-0.1, -0.05) is 0 Å². The second kappa shape index (κ2) is 2.77. The third-order valence-corrected chi connectivity index (χ3v) is 2.15. The Hall–Kier alpha value is -1.97. The zero-order valence-corrected chi connectivity index (χ0v) is 7.48. The molecule has 0 fully saturated rings. The molecule has 4 heteroatoms. The summed E-state index contributed by atoms with van der Waals surface area (Å²) in [6, 6.07) is 1.28. The van der Waals surface area contributed by atoms with Crippen molar-refractivity contribution in [2.75, 3.05) is 0 Å². The first-order chi connectivity index (χ1) is 6.61. The number of fused-ring (bicyclic) bond motifs is 1. The van der Waals surface area contributed by atoms with Gasteiger partial charge in [0.1, 0.15) is 5.69 Å². The highest BCUT2D eigenvalue weighted by atomic mass is 16.1. The summed E-state index contributed by atoms with van der Waals surface area (Å²) in [7, 11) is 1.63. The quantitative estimate of drug-likeness (QED) is 0.590. The number of carbonyl (C=O) groups excluding carboxylic acids is 2. The van der Waals surface area contributed by atoms with Gasteiger partial charge in [0.15, 0.2) is 11.2 Å². The molecule has 1 aromatic rings. The fourth-order valence-electron chi connectivity index (χ4n) is 1.48. The van der Waals surface area contributed by atoms with Crippen LogP contribution < -0.4 is 5.43 Å². The second-order valence-corrected chi connectivity index (χ2v) is 3.08. The SMILES string of the molecule is Cn1ccc(=O)c2c1C(=O)C=CC2=O. The molecule has 0 atom stereocenters. The van der Waals surface area contributed by atoms with Gasteiger partial charge in [-0.2, -0.15) is 0 Å². The highest BCUT2D eigenvalue weighted by Crippen LogP contribution is 2.11. The van der Waals surface area contributed by atoms with Crippen LogP contribution in [0.4, 0.5) is 0 Å². The molecule has 0 saturated heterocycles. The zero-order valence-electron chi connectivity index (χ0n) is 7.48. The summed E-state index contributed by atoms with van der Waals surface area (Å²) >= 11 is 0. The van der Waals surface area contributed by atoms with E-state index in [1.807, 2.05) is 0 Å². The number of allylic oxidation sites excluding steroid dienone is 2. The number of rotatable bonds is 0. The average Bonchev–Trinajstić information content (AvgIpc) is 2.16. The molecule has 0 saturated carbocycles. The van der Waals surface area contributed by atoms with Crippen molar-refractivity contribution in [1.82, 2.24) is 4.57 Å². The number of hydrogen-bond acceptors (Lipinski definition) is 3. The van der Waals surface area contributed by atoms with Crippen LogP contribution in [-0.4, -0.2) is 16.1 Å². The van der Waals surface area contributed by atoms with Crippen LogP contribution in [0.3, 0.4) is 0 Å². The van der Waals surface area contributed by atoms with Gasteiger partial charge in [-0.3, -0.25) is 14.4 Å².